The van der Waals surface area contributed by atoms with Crippen LogP contribution in [-0.2, 0) is 19.6 Å². The first-order valence-corrected chi connectivity index (χ1v) is 9.86. The molecule has 1 aromatic carbocycles. The van der Waals surface area contributed by atoms with Crippen LogP contribution in [0.25, 0.3) is 0 Å². The van der Waals surface area contributed by atoms with Crippen molar-refractivity contribution in [2.75, 3.05) is 26.2 Å². The van der Waals surface area contributed by atoms with Crippen molar-refractivity contribution in [1.29, 1.82) is 0 Å². The van der Waals surface area contributed by atoms with Crippen LogP contribution < -0.4 is 0 Å². The normalized spacial score (nSPS) is 19.1. The summed E-state index contributed by atoms with van der Waals surface area (Å²) in [5.41, 5.74) is 2.36. The van der Waals surface area contributed by atoms with Crippen molar-refractivity contribution in [3.63, 3.8) is 0 Å². The Balaban J connectivity index is 1.61. The van der Waals surface area contributed by atoms with Crippen LogP contribution in [0.4, 0.5) is 4.39 Å². The molecule has 1 aromatic heterocycles. The molecule has 2 aromatic rings. The van der Waals surface area contributed by atoms with Crippen LogP contribution in [0.5, 0.6) is 0 Å². The van der Waals surface area contributed by atoms with E-state index in [-0.39, 0.29) is 12.4 Å². The standard InChI is InChI=1S/C21H31FN4O/c1-17(2)12-26-16-23-11-21(26)15-24-8-9-25(20(14-24)7-10-27)13-18-3-5-19(22)6-4-18/h3-6,11,16-17,20,27H,7-10,12-15H2,1-2H3. The van der Waals surface area contributed by atoms with E-state index >= 15 is 0 Å². The van der Waals surface area contributed by atoms with Crippen LogP contribution in [-0.4, -0.2) is 56.7 Å². The van der Waals surface area contributed by atoms with Crippen LogP contribution >= 0.6 is 0 Å². The van der Waals surface area contributed by atoms with Crippen molar-refractivity contribution in [1.82, 2.24) is 19.4 Å². The molecule has 1 unspecified atom stereocenters. The lowest BCUT2D eigenvalue weighted by Gasteiger charge is -2.41. The Kier molecular flexibility index (Phi) is 6.99. The fourth-order valence-corrected chi connectivity index (χ4v) is 3.82. The Hall–Kier alpha value is -1.76. The Morgan fingerprint density at radius 3 is 2.67 bits per heavy atom. The highest BCUT2D eigenvalue weighted by atomic mass is 19.1. The summed E-state index contributed by atoms with van der Waals surface area (Å²) in [6.45, 7) is 10.1. The van der Waals surface area contributed by atoms with Gasteiger partial charge in [0.25, 0.3) is 0 Å². The Morgan fingerprint density at radius 2 is 1.96 bits per heavy atom. The predicted octanol–water partition coefficient (Wildman–Crippen LogP) is 2.75. The molecule has 1 aliphatic rings. The second-order valence-electron chi connectivity index (χ2n) is 7.93. The molecule has 1 saturated heterocycles. The molecule has 0 amide bonds. The van der Waals surface area contributed by atoms with Crippen LogP contribution in [0.15, 0.2) is 36.8 Å². The zero-order chi connectivity index (χ0) is 19.2. The van der Waals surface area contributed by atoms with Crippen molar-refractivity contribution in [2.24, 2.45) is 5.92 Å². The van der Waals surface area contributed by atoms with Crippen molar-refractivity contribution < 1.29 is 9.50 Å². The lowest BCUT2D eigenvalue weighted by Crippen LogP contribution is -2.52. The van der Waals surface area contributed by atoms with Crippen molar-refractivity contribution in [3.05, 3.63) is 53.9 Å². The van der Waals surface area contributed by atoms with Crippen LogP contribution in [0, 0.1) is 11.7 Å². The van der Waals surface area contributed by atoms with Crippen molar-refractivity contribution in [2.45, 2.75) is 45.9 Å². The van der Waals surface area contributed by atoms with Crippen LogP contribution in [0.2, 0.25) is 0 Å². The van der Waals surface area contributed by atoms with Gasteiger partial charge in [-0.3, -0.25) is 9.80 Å². The lowest BCUT2D eigenvalue weighted by molar-refractivity contribution is 0.0488. The average molecular weight is 375 g/mol. The van der Waals surface area contributed by atoms with Gasteiger partial charge in [0.2, 0.25) is 0 Å². The molecule has 148 valence electrons. The minimum absolute atomic E-state index is 0.184. The molecular weight excluding hydrogens is 343 g/mol. The van der Waals surface area contributed by atoms with E-state index in [1.54, 1.807) is 0 Å². The number of rotatable bonds is 8. The van der Waals surface area contributed by atoms with Gasteiger partial charge < -0.3 is 9.67 Å². The van der Waals surface area contributed by atoms with E-state index < -0.39 is 0 Å². The summed E-state index contributed by atoms with van der Waals surface area (Å²) >= 11 is 0. The molecule has 0 aliphatic carbocycles. The first-order chi connectivity index (χ1) is 13.0. The van der Waals surface area contributed by atoms with E-state index in [0.717, 1.165) is 51.3 Å². The minimum atomic E-state index is -0.200. The number of aromatic nitrogens is 2. The van der Waals surface area contributed by atoms with E-state index in [1.807, 2.05) is 24.7 Å². The summed E-state index contributed by atoms with van der Waals surface area (Å²) in [5.74, 6) is 0.390. The fourth-order valence-electron chi connectivity index (χ4n) is 3.82. The maximum Gasteiger partial charge on any atom is 0.123 e. The molecule has 5 nitrogen and oxygen atoms in total. The van der Waals surface area contributed by atoms with Gasteiger partial charge in [-0.25, -0.2) is 9.37 Å². The number of hydrogen-bond acceptors (Lipinski definition) is 4. The van der Waals surface area contributed by atoms with Gasteiger partial charge in [-0.15, -0.1) is 0 Å². The smallest absolute Gasteiger partial charge is 0.123 e. The van der Waals surface area contributed by atoms with Gasteiger partial charge >= 0.3 is 0 Å². The number of aliphatic hydroxyl groups excluding tert-OH is 1. The molecule has 0 spiro atoms. The summed E-state index contributed by atoms with van der Waals surface area (Å²) in [6, 6.07) is 7.03. The summed E-state index contributed by atoms with van der Waals surface area (Å²) < 4.78 is 15.4. The molecule has 1 atom stereocenters. The monoisotopic (exact) mass is 374 g/mol. The van der Waals surface area contributed by atoms with Crippen LogP contribution in [0.3, 0.4) is 0 Å². The molecule has 6 heteroatoms. The number of piperazine rings is 1. The topological polar surface area (TPSA) is 44.5 Å². The van der Waals surface area contributed by atoms with Gasteiger partial charge in [-0.2, -0.15) is 0 Å². The largest absolute Gasteiger partial charge is 0.396 e. The Bertz CT molecular complexity index is 700. The maximum absolute atomic E-state index is 13.1. The van der Waals surface area contributed by atoms with Gasteiger partial charge in [-0.1, -0.05) is 26.0 Å². The van der Waals surface area contributed by atoms with Gasteiger partial charge in [-0.05, 0) is 30.0 Å². The Labute approximate surface area is 161 Å². The molecule has 2 heterocycles. The summed E-state index contributed by atoms with van der Waals surface area (Å²) in [7, 11) is 0. The molecule has 1 fully saturated rings. The number of benzene rings is 1. The second kappa shape index (κ2) is 9.44. The first kappa shape index (κ1) is 20.0. The Morgan fingerprint density at radius 1 is 1.19 bits per heavy atom. The average Bonchev–Trinajstić information content (AvgIpc) is 3.05. The summed E-state index contributed by atoms with van der Waals surface area (Å²) in [6.07, 6.45) is 4.64. The molecule has 0 saturated carbocycles. The van der Waals surface area contributed by atoms with Gasteiger partial charge in [0.1, 0.15) is 5.82 Å². The van der Waals surface area contributed by atoms with E-state index in [1.165, 1.54) is 17.8 Å². The van der Waals surface area contributed by atoms with Gasteiger partial charge in [0, 0.05) is 58.1 Å². The first-order valence-electron chi connectivity index (χ1n) is 9.86. The molecule has 0 radical (unpaired) electrons. The van der Waals surface area contributed by atoms with E-state index in [4.69, 9.17) is 0 Å². The number of hydrogen-bond donors (Lipinski definition) is 1. The molecule has 1 aliphatic heterocycles. The predicted molar refractivity (Wildman–Crippen MR) is 105 cm³/mol. The maximum atomic E-state index is 13.1. The highest BCUT2D eigenvalue weighted by Gasteiger charge is 2.27. The third-order valence-electron chi connectivity index (χ3n) is 5.20. The second-order valence-corrected chi connectivity index (χ2v) is 7.93. The zero-order valence-corrected chi connectivity index (χ0v) is 16.4. The minimum Gasteiger partial charge on any atom is -0.396 e. The van der Waals surface area contributed by atoms with E-state index in [2.05, 4.69) is 33.2 Å². The third kappa shape index (κ3) is 5.61. The van der Waals surface area contributed by atoms with Crippen molar-refractivity contribution in [3.8, 4) is 0 Å². The van der Waals surface area contributed by atoms with Gasteiger partial charge in [0.05, 0.1) is 12.0 Å². The number of halogens is 1. The highest BCUT2D eigenvalue weighted by molar-refractivity contribution is 5.16. The number of imidazole rings is 1. The number of aliphatic hydroxyl groups is 1. The van der Waals surface area contributed by atoms with Gasteiger partial charge in [0.15, 0.2) is 0 Å². The van der Waals surface area contributed by atoms with Crippen molar-refractivity contribution >= 4 is 0 Å². The highest BCUT2D eigenvalue weighted by Crippen LogP contribution is 2.19. The van der Waals surface area contributed by atoms with E-state index in [0.29, 0.717) is 12.0 Å². The third-order valence-corrected chi connectivity index (χ3v) is 5.20. The van der Waals surface area contributed by atoms with Crippen LogP contribution in [0.1, 0.15) is 31.5 Å². The fraction of sp³-hybridized carbons (Fsp3) is 0.571. The molecule has 0 bridgehead atoms. The molecule has 3 rings (SSSR count). The molecule has 1 N–H and O–H groups in total. The summed E-state index contributed by atoms with van der Waals surface area (Å²) in [4.78, 5) is 9.19. The molecule has 27 heavy (non-hydrogen) atoms. The van der Waals surface area contributed by atoms with E-state index in [9.17, 15) is 9.50 Å². The lowest BCUT2D eigenvalue weighted by atomic mass is 10.1. The zero-order valence-electron chi connectivity index (χ0n) is 16.4. The number of nitrogens with zero attached hydrogens (tertiary/aromatic N) is 4. The quantitative estimate of drug-likeness (QED) is 0.772. The molecular formula is C21H31FN4O. The summed E-state index contributed by atoms with van der Waals surface area (Å²) in [5, 5.41) is 9.52. The SMILES string of the molecule is CC(C)Cn1cncc1CN1CCN(Cc2ccc(F)cc2)C(CCO)C1.